The Hall–Kier alpha value is -1.75. The summed E-state index contributed by atoms with van der Waals surface area (Å²) in [5.74, 6) is 0.513. The topological polar surface area (TPSA) is 52.7 Å². The maximum Gasteiger partial charge on any atom is 0.317 e. The molecule has 1 heterocycles. The van der Waals surface area contributed by atoms with Crippen molar-refractivity contribution >= 4 is 23.5 Å². The quantitative estimate of drug-likeness (QED) is 0.922. The van der Waals surface area contributed by atoms with Gasteiger partial charge in [-0.3, -0.25) is 4.79 Å². The average molecular weight is 336 g/mol. The maximum atomic E-state index is 12.3. The second-order valence-corrected chi connectivity index (χ2v) is 6.60. The number of halogens is 1. The molecule has 1 aromatic rings. The van der Waals surface area contributed by atoms with E-state index in [2.05, 4.69) is 5.32 Å². The van der Waals surface area contributed by atoms with E-state index in [1.165, 1.54) is 0 Å². The Morgan fingerprint density at radius 1 is 1.09 bits per heavy atom. The minimum absolute atomic E-state index is 0.0920. The highest BCUT2D eigenvalue weighted by Gasteiger charge is 2.34. The molecular weight excluding hydrogens is 314 g/mol. The predicted octanol–water partition coefficient (Wildman–Crippen LogP) is 2.49. The Bertz CT molecular complexity index is 589. The monoisotopic (exact) mass is 335 g/mol. The first-order valence-corrected chi connectivity index (χ1v) is 8.58. The minimum atomic E-state index is -0.0920. The third-order valence-corrected chi connectivity index (χ3v) is 4.78. The van der Waals surface area contributed by atoms with Crippen LogP contribution >= 0.6 is 11.6 Å². The number of urea groups is 1. The lowest BCUT2D eigenvalue weighted by molar-refractivity contribution is -0.132. The molecule has 1 saturated carbocycles. The van der Waals surface area contributed by atoms with Gasteiger partial charge in [-0.05, 0) is 30.9 Å². The molecule has 0 aromatic heterocycles. The molecule has 1 saturated heterocycles. The molecule has 1 aliphatic carbocycles. The zero-order valence-corrected chi connectivity index (χ0v) is 13.9. The zero-order chi connectivity index (χ0) is 16.2. The van der Waals surface area contributed by atoms with Crippen molar-refractivity contribution in [3.05, 3.63) is 34.9 Å². The fourth-order valence-electron chi connectivity index (χ4n) is 2.85. The van der Waals surface area contributed by atoms with Crippen molar-refractivity contribution in [2.45, 2.75) is 25.8 Å². The Morgan fingerprint density at radius 3 is 2.52 bits per heavy atom. The van der Waals surface area contributed by atoms with Crippen LogP contribution < -0.4 is 5.32 Å². The molecule has 23 heavy (non-hydrogen) atoms. The predicted molar refractivity (Wildman–Crippen MR) is 89.2 cm³/mol. The van der Waals surface area contributed by atoms with Crippen molar-refractivity contribution in [3.8, 4) is 0 Å². The van der Waals surface area contributed by atoms with Crippen molar-refractivity contribution in [2.75, 3.05) is 26.2 Å². The molecule has 0 unspecified atom stereocenters. The molecule has 5 nitrogen and oxygen atoms in total. The fourth-order valence-corrected chi connectivity index (χ4v) is 3.06. The Balaban J connectivity index is 1.49. The highest BCUT2D eigenvalue weighted by molar-refractivity contribution is 6.31. The summed E-state index contributed by atoms with van der Waals surface area (Å²) in [5.41, 5.74) is 0.905. The number of benzene rings is 1. The van der Waals surface area contributed by atoms with E-state index in [0.29, 0.717) is 31.2 Å². The molecule has 0 bridgehead atoms. The number of carbonyl (C=O) groups excluding carboxylic acids is 2. The highest BCUT2D eigenvalue weighted by Crippen LogP contribution is 2.31. The largest absolute Gasteiger partial charge is 0.341 e. The number of amides is 3. The number of hydrogen-bond donors (Lipinski definition) is 1. The van der Waals surface area contributed by atoms with Crippen molar-refractivity contribution in [1.82, 2.24) is 15.1 Å². The number of carbonyl (C=O) groups is 2. The van der Waals surface area contributed by atoms with Crippen LogP contribution in [0.3, 0.4) is 0 Å². The van der Waals surface area contributed by atoms with Crippen LogP contribution in [0.15, 0.2) is 24.3 Å². The van der Waals surface area contributed by atoms with Gasteiger partial charge in [0, 0.05) is 43.7 Å². The van der Waals surface area contributed by atoms with Gasteiger partial charge in [-0.25, -0.2) is 4.79 Å². The third-order valence-electron chi connectivity index (χ3n) is 4.41. The first kappa shape index (κ1) is 16.1. The van der Waals surface area contributed by atoms with Crippen LogP contribution in [0.2, 0.25) is 5.02 Å². The van der Waals surface area contributed by atoms with E-state index in [1.54, 1.807) is 4.90 Å². The molecule has 0 spiro atoms. The first-order chi connectivity index (χ1) is 11.1. The van der Waals surface area contributed by atoms with Crippen LogP contribution in [0.4, 0.5) is 4.79 Å². The third kappa shape index (κ3) is 4.16. The molecule has 6 heteroatoms. The van der Waals surface area contributed by atoms with Crippen LogP contribution in [0.25, 0.3) is 0 Å². The standard InChI is InChI=1S/C17H22ClN3O2/c18-15-5-2-1-4-14(15)12-19-17(23)21-9-3-8-20(10-11-21)16(22)13-6-7-13/h1-2,4-5,13H,3,6-12H2,(H,19,23). The maximum absolute atomic E-state index is 12.3. The van der Waals surface area contributed by atoms with Crippen LogP contribution in [0, 0.1) is 5.92 Å². The van der Waals surface area contributed by atoms with Gasteiger partial charge in [0.15, 0.2) is 0 Å². The summed E-state index contributed by atoms with van der Waals surface area (Å²) in [5, 5.41) is 3.57. The molecule has 1 aromatic carbocycles. The summed E-state index contributed by atoms with van der Waals surface area (Å²) in [4.78, 5) is 28.2. The van der Waals surface area contributed by atoms with E-state index >= 15 is 0 Å². The summed E-state index contributed by atoms with van der Waals surface area (Å²) in [6.07, 6.45) is 2.88. The number of rotatable bonds is 3. The van der Waals surface area contributed by atoms with Crippen molar-refractivity contribution in [1.29, 1.82) is 0 Å². The summed E-state index contributed by atoms with van der Waals surface area (Å²) in [7, 11) is 0. The van der Waals surface area contributed by atoms with Crippen LogP contribution in [-0.2, 0) is 11.3 Å². The van der Waals surface area contributed by atoms with E-state index in [0.717, 1.165) is 31.4 Å². The molecule has 2 aliphatic rings. The molecule has 0 atom stereocenters. The minimum Gasteiger partial charge on any atom is -0.341 e. The van der Waals surface area contributed by atoms with Gasteiger partial charge in [-0.15, -0.1) is 0 Å². The summed E-state index contributed by atoms with van der Waals surface area (Å²) in [6.45, 7) is 3.08. The fraction of sp³-hybridized carbons (Fsp3) is 0.529. The highest BCUT2D eigenvalue weighted by atomic mass is 35.5. The summed E-state index contributed by atoms with van der Waals surface area (Å²) >= 11 is 6.10. The number of hydrogen-bond acceptors (Lipinski definition) is 2. The second-order valence-electron chi connectivity index (χ2n) is 6.19. The number of nitrogens with zero attached hydrogens (tertiary/aromatic N) is 2. The van der Waals surface area contributed by atoms with Crippen LogP contribution in [0.1, 0.15) is 24.8 Å². The molecule has 3 rings (SSSR count). The SMILES string of the molecule is O=C(NCc1ccccc1Cl)N1CCCN(C(=O)C2CC2)CC1. The van der Waals surface area contributed by atoms with Gasteiger partial charge in [0.1, 0.15) is 0 Å². The zero-order valence-electron chi connectivity index (χ0n) is 13.1. The van der Waals surface area contributed by atoms with E-state index in [9.17, 15) is 9.59 Å². The van der Waals surface area contributed by atoms with Crippen LogP contribution in [-0.4, -0.2) is 47.9 Å². The van der Waals surface area contributed by atoms with E-state index < -0.39 is 0 Å². The molecule has 1 aliphatic heterocycles. The lowest BCUT2D eigenvalue weighted by Crippen LogP contribution is -2.42. The number of nitrogens with one attached hydrogen (secondary N) is 1. The van der Waals surface area contributed by atoms with Crippen molar-refractivity contribution in [3.63, 3.8) is 0 Å². The molecule has 124 valence electrons. The van der Waals surface area contributed by atoms with Crippen molar-refractivity contribution < 1.29 is 9.59 Å². The molecule has 1 N–H and O–H groups in total. The van der Waals surface area contributed by atoms with Gasteiger partial charge in [-0.1, -0.05) is 29.8 Å². The van der Waals surface area contributed by atoms with Gasteiger partial charge in [0.05, 0.1) is 0 Å². The molecule has 2 fully saturated rings. The Labute approximate surface area is 141 Å². The lowest BCUT2D eigenvalue weighted by atomic mass is 10.2. The Kier molecular flexibility index (Phi) is 5.06. The van der Waals surface area contributed by atoms with E-state index in [4.69, 9.17) is 11.6 Å². The summed E-state index contributed by atoms with van der Waals surface area (Å²) < 4.78 is 0. The normalized spacial score (nSPS) is 18.5. The average Bonchev–Trinajstić information content (AvgIpc) is 3.39. The van der Waals surface area contributed by atoms with Crippen molar-refractivity contribution in [2.24, 2.45) is 5.92 Å². The van der Waals surface area contributed by atoms with Gasteiger partial charge in [-0.2, -0.15) is 0 Å². The first-order valence-electron chi connectivity index (χ1n) is 8.20. The van der Waals surface area contributed by atoms with Crippen LogP contribution in [0.5, 0.6) is 0 Å². The Morgan fingerprint density at radius 2 is 1.78 bits per heavy atom. The molecular formula is C17H22ClN3O2. The van der Waals surface area contributed by atoms with Gasteiger partial charge >= 0.3 is 6.03 Å². The van der Waals surface area contributed by atoms with Gasteiger partial charge < -0.3 is 15.1 Å². The van der Waals surface area contributed by atoms with E-state index in [-0.39, 0.29) is 17.9 Å². The molecule has 0 radical (unpaired) electrons. The van der Waals surface area contributed by atoms with E-state index in [1.807, 2.05) is 29.2 Å². The molecule has 3 amide bonds. The van der Waals surface area contributed by atoms with Gasteiger partial charge in [0.25, 0.3) is 0 Å². The summed E-state index contributed by atoms with van der Waals surface area (Å²) in [6, 6.07) is 7.40. The van der Waals surface area contributed by atoms with Gasteiger partial charge in [0.2, 0.25) is 5.91 Å². The second kappa shape index (κ2) is 7.21. The lowest BCUT2D eigenvalue weighted by Gasteiger charge is -2.22. The smallest absolute Gasteiger partial charge is 0.317 e.